The number of carbonyl (C=O) groups is 1. The van der Waals surface area contributed by atoms with Gasteiger partial charge in [-0.05, 0) is 26.4 Å². The summed E-state index contributed by atoms with van der Waals surface area (Å²) in [6.07, 6.45) is 2.96. The number of hydrogen-bond acceptors (Lipinski definition) is 4. The van der Waals surface area contributed by atoms with Gasteiger partial charge in [-0.1, -0.05) is 0 Å². The van der Waals surface area contributed by atoms with Gasteiger partial charge in [0.1, 0.15) is 0 Å². The smallest absolute Gasteiger partial charge is 0.221 e. The van der Waals surface area contributed by atoms with Gasteiger partial charge in [-0.25, -0.2) is 0 Å². The lowest BCUT2D eigenvalue weighted by Crippen LogP contribution is -2.41. The molecule has 1 rings (SSSR count). The Morgan fingerprint density at radius 2 is 2.35 bits per heavy atom. The number of likely N-dealkylation sites (tertiary alicyclic amines) is 1. The van der Waals surface area contributed by atoms with Crippen molar-refractivity contribution in [1.82, 2.24) is 15.5 Å². The number of carbonyl (C=O) groups excluding carboxylic acids is 1. The zero-order valence-electron chi connectivity index (χ0n) is 11.0. The van der Waals surface area contributed by atoms with E-state index in [1.165, 1.54) is 12.8 Å². The Morgan fingerprint density at radius 1 is 1.53 bits per heavy atom. The van der Waals surface area contributed by atoms with Crippen molar-refractivity contribution in [3.63, 3.8) is 0 Å². The molecule has 0 aromatic rings. The predicted octanol–water partition coefficient (Wildman–Crippen LogP) is -0.177. The Labute approximate surface area is 104 Å². The number of rotatable bonds is 8. The van der Waals surface area contributed by atoms with Crippen molar-refractivity contribution < 1.29 is 9.53 Å². The van der Waals surface area contributed by atoms with Crippen LogP contribution in [0.3, 0.4) is 0 Å². The minimum Gasteiger partial charge on any atom is -0.383 e. The fourth-order valence-corrected chi connectivity index (χ4v) is 2.19. The van der Waals surface area contributed by atoms with Crippen molar-refractivity contribution in [1.29, 1.82) is 0 Å². The molecule has 17 heavy (non-hydrogen) atoms. The lowest BCUT2D eigenvalue weighted by atomic mass is 10.2. The van der Waals surface area contributed by atoms with E-state index >= 15 is 0 Å². The highest BCUT2D eigenvalue weighted by Crippen LogP contribution is 2.15. The van der Waals surface area contributed by atoms with E-state index in [-0.39, 0.29) is 5.91 Å². The van der Waals surface area contributed by atoms with Crippen LogP contribution in [0.15, 0.2) is 0 Å². The molecular weight excluding hydrogens is 218 g/mol. The van der Waals surface area contributed by atoms with E-state index in [1.807, 2.05) is 7.05 Å². The molecule has 1 aliphatic rings. The standard InChI is InChI=1S/C12H25N3O2/c1-13-6-5-12(16)14-10-11-4-3-7-15(11)8-9-17-2/h11,13H,3-10H2,1-2H3,(H,14,16). The monoisotopic (exact) mass is 243 g/mol. The van der Waals surface area contributed by atoms with Crippen molar-refractivity contribution in [2.45, 2.75) is 25.3 Å². The summed E-state index contributed by atoms with van der Waals surface area (Å²) in [6.45, 7) is 4.37. The van der Waals surface area contributed by atoms with Crippen LogP contribution in [-0.2, 0) is 9.53 Å². The van der Waals surface area contributed by atoms with Crippen molar-refractivity contribution in [3.8, 4) is 0 Å². The molecule has 1 fully saturated rings. The summed E-state index contributed by atoms with van der Waals surface area (Å²) in [7, 11) is 3.58. The van der Waals surface area contributed by atoms with Gasteiger partial charge in [-0.3, -0.25) is 9.69 Å². The maximum atomic E-state index is 11.5. The van der Waals surface area contributed by atoms with Crippen LogP contribution in [0.1, 0.15) is 19.3 Å². The third kappa shape index (κ3) is 5.48. The zero-order valence-corrected chi connectivity index (χ0v) is 11.0. The topological polar surface area (TPSA) is 53.6 Å². The molecule has 1 heterocycles. The molecule has 0 aliphatic carbocycles. The minimum atomic E-state index is 0.137. The zero-order chi connectivity index (χ0) is 12.5. The maximum absolute atomic E-state index is 11.5. The van der Waals surface area contributed by atoms with E-state index < -0.39 is 0 Å². The summed E-state index contributed by atoms with van der Waals surface area (Å²) in [5.74, 6) is 0.137. The van der Waals surface area contributed by atoms with Crippen LogP contribution in [0.2, 0.25) is 0 Å². The quantitative estimate of drug-likeness (QED) is 0.621. The first kappa shape index (κ1) is 14.4. The van der Waals surface area contributed by atoms with Gasteiger partial charge in [-0.15, -0.1) is 0 Å². The van der Waals surface area contributed by atoms with Crippen LogP contribution in [0, 0.1) is 0 Å². The molecule has 0 spiro atoms. The summed E-state index contributed by atoms with van der Waals surface area (Å²) in [4.78, 5) is 13.9. The summed E-state index contributed by atoms with van der Waals surface area (Å²) in [5.41, 5.74) is 0. The molecule has 1 atom stereocenters. The van der Waals surface area contributed by atoms with E-state index in [2.05, 4.69) is 15.5 Å². The fourth-order valence-electron chi connectivity index (χ4n) is 2.19. The molecular formula is C12H25N3O2. The number of amides is 1. The number of methoxy groups -OCH3 is 1. The molecule has 1 aliphatic heterocycles. The molecule has 0 aromatic carbocycles. The Morgan fingerprint density at radius 3 is 3.06 bits per heavy atom. The molecule has 0 bridgehead atoms. The Hall–Kier alpha value is -0.650. The highest BCUT2D eigenvalue weighted by Gasteiger charge is 2.23. The van der Waals surface area contributed by atoms with Crippen molar-refractivity contribution in [3.05, 3.63) is 0 Å². The lowest BCUT2D eigenvalue weighted by Gasteiger charge is -2.24. The molecule has 1 saturated heterocycles. The molecule has 0 saturated carbocycles. The second-order valence-electron chi connectivity index (χ2n) is 4.48. The average molecular weight is 243 g/mol. The predicted molar refractivity (Wildman–Crippen MR) is 68.0 cm³/mol. The molecule has 5 heteroatoms. The SMILES string of the molecule is CNCCC(=O)NCC1CCCN1CCOC. The molecule has 0 aromatic heterocycles. The number of nitrogens with one attached hydrogen (secondary N) is 2. The Kier molecular flexibility index (Phi) is 7.16. The van der Waals surface area contributed by atoms with Gasteiger partial charge in [0, 0.05) is 39.2 Å². The van der Waals surface area contributed by atoms with E-state index in [9.17, 15) is 4.79 Å². The van der Waals surface area contributed by atoms with Gasteiger partial charge < -0.3 is 15.4 Å². The Balaban J connectivity index is 2.18. The summed E-state index contributed by atoms with van der Waals surface area (Å²) >= 11 is 0. The first-order valence-corrected chi connectivity index (χ1v) is 6.42. The number of hydrogen-bond donors (Lipinski definition) is 2. The van der Waals surface area contributed by atoms with Gasteiger partial charge in [-0.2, -0.15) is 0 Å². The Bertz CT molecular complexity index is 224. The summed E-state index contributed by atoms with van der Waals surface area (Å²) in [5, 5.41) is 5.98. The molecule has 1 amide bonds. The number of ether oxygens (including phenoxy) is 1. The normalized spacial score (nSPS) is 20.7. The van der Waals surface area contributed by atoms with E-state index in [1.54, 1.807) is 7.11 Å². The van der Waals surface area contributed by atoms with Gasteiger partial charge in [0.05, 0.1) is 6.61 Å². The fraction of sp³-hybridized carbons (Fsp3) is 0.917. The third-order valence-electron chi connectivity index (χ3n) is 3.22. The molecule has 2 N–H and O–H groups in total. The molecule has 0 radical (unpaired) electrons. The van der Waals surface area contributed by atoms with Crippen LogP contribution in [-0.4, -0.2) is 63.8 Å². The molecule has 100 valence electrons. The van der Waals surface area contributed by atoms with Crippen LogP contribution < -0.4 is 10.6 Å². The van der Waals surface area contributed by atoms with E-state index in [0.29, 0.717) is 12.5 Å². The van der Waals surface area contributed by atoms with E-state index in [0.717, 1.165) is 32.8 Å². The van der Waals surface area contributed by atoms with Crippen LogP contribution in [0.4, 0.5) is 0 Å². The van der Waals surface area contributed by atoms with Crippen molar-refractivity contribution in [2.75, 3.05) is 46.9 Å². The minimum absolute atomic E-state index is 0.137. The lowest BCUT2D eigenvalue weighted by molar-refractivity contribution is -0.121. The van der Waals surface area contributed by atoms with Crippen LogP contribution in [0.5, 0.6) is 0 Å². The molecule has 5 nitrogen and oxygen atoms in total. The van der Waals surface area contributed by atoms with E-state index in [4.69, 9.17) is 4.74 Å². The molecule has 1 unspecified atom stereocenters. The van der Waals surface area contributed by atoms with Gasteiger partial charge in [0.2, 0.25) is 5.91 Å². The van der Waals surface area contributed by atoms with Crippen molar-refractivity contribution in [2.24, 2.45) is 0 Å². The second-order valence-corrected chi connectivity index (χ2v) is 4.48. The van der Waals surface area contributed by atoms with Gasteiger partial charge in [0.15, 0.2) is 0 Å². The number of nitrogens with zero attached hydrogens (tertiary/aromatic N) is 1. The average Bonchev–Trinajstić information content (AvgIpc) is 2.78. The largest absolute Gasteiger partial charge is 0.383 e. The van der Waals surface area contributed by atoms with Gasteiger partial charge >= 0.3 is 0 Å². The maximum Gasteiger partial charge on any atom is 0.221 e. The van der Waals surface area contributed by atoms with Crippen LogP contribution >= 0.6 is 0 Å². The summed E-state index contributed by atoms with van der Waals surface area (Å²) in [6, 6.07) is 0.490. The highest BCUT2D eigenvalue weighted by atomic mass is 16.5. The summed E-state index contributed by atoms with van der Waals surface area (Å²) < 4.78 is 5.09. The highest BCUT2D eigenvalue weighted by molar-refractivity contribution is 5.76. The first-order valence-electron chi connectivity index (χ1n) is 6.42. The third-order valence-corrected chi connectivity index (χ3v) is 3.22. The first-order chi connectivity index (χ1) is 8.27. The van der Waals surface area contributed by atoms with Crippen molar-refractivity contribution >= 4 is 5.91 Å². The second kappa shape index (κ2) is 8.44. The van der Waals surface area contributed by atoms with Crippen LogP contribution in [0.25, 0.3) is 0 Å². The van der Waals surface area contributed by atoms with Gasteiger partial charge in [0.25, 0.3) is 0 Å².